The lowest BCUT2D eigenvalue weighted by atomic mass is 9.94. The zero-order chi connectivity index (χ0) is 15.3. The summed E-state index contributed by atoms with van der Waals surface area (Å²) in [5.74, 6) is -0.328. The molecule has 0 aliphatic carbocycles. The molecule has 0 saturated carbocycles. The Bertz CT molecular complexity index is 545. The zero-order valence-corrected chi connectivity index (χ0v) is 11.9. The summed E-state index contributed by atoms with van der Waals surface area (Å²) in [5.41, 5.74) is 12.1. The summed E-state index contributed by atoms with van der Waals surface area (Å²) in [6.07, 6.45) is 0. The fraction of sp³-hybridized carbons (Fsp3) is 0.267. The quantitative estimate of drug-likeness (QED) is 0.694. The van der Waals surface area contributed by atoms with Crippen LogP contribution in [0.5, 0.6) is 0 Å². The van der Waals surface area contributed by atoms with Crippen LogP contribution in [0.3, 0.4) is 0 Å². The summed E-state index contributed by atoms with van der Waals surface area (Å²) in [4.78, 5) is 10.4. The molecule has 1 heterocycles. The van der Waals surface area contributed by atoms with Crippen LogP contribution in [0.2, 0.25) is 0 Å². The summed E-state index contributed by atoms with van der Waals surface area (Å²) in [6, 6.07) is 10.3. The lowest BCUT2D eigenvalue weighted by Gasteiger charge is -2.13. The van der Waals surface area contributed by atoms with Gasteiger partial charge >= 0.3 is 5.97 Å². The third-order valence-corrected chi connectivity index (χ3v) is 2.49. The number of carboxylic acids is 1. The number of carboxylic acid groups (broad SMARTS) is 1. The smallest absolute Gasteiger partial charge is 0.371 e. The average Bonchev–Trinajstić information content (AvgIpc) is 2.83. The molecule has 0 fully saturated rings. The molecule has 0 aliphatic rings. The molecule has 1 aromatic carbocycles. The molecule has 0 aliphatic heterocycles. The molecule has 0 unspecified atom stereocenters. The molecule has 0 radical (unpaired) electrons. The van der Waals surface area contributed by atoms with Gasteiger partial charge in [0.1, 0.15) is 5.76 Å². The van der Waals surface area contributed by atoms with Crippen molar-refractivity contribution in [2.24, 2.45) is 0 Å². The number of rotatable bonds is 1. The van der Waals surface area contributed by atoms with Crippen LogP contribution in [-0.2, 0) is 5.41 Å². The summed E-state index contributed by atoms with van der Waals surface area (Å²) in [7, 11) is 0. The molecule has 5 N–H and O–H groups in total. The van der Waals surface area contributed by atoms with Crippen LogP contribution in [0.15, 0.2) is 40.8 Å². The van der Waals surface area contributed by atoms with Gasteiger partial charge in [-0.3, -0.25) is 0 Å². The number of aromatic carboxylic acids is 1. The van der Waals surface area contributed by atoms with Crippen molar-refractivity contribution in [1.29, 1.82) is 0 Å². The molecule has 2 aromatic rings. The predicted molar refractivity (Wildman–Crippen MR) is 79.6 cm³/mol. The van der Waals surface area contributed by atoms with E-state index < -0.39 is 5.97 Å². The van der Waals surface area contributed by atoms with E-state index in [4.69, 9.17) is 21.0 Å². The Labute approximate surface area is 118 Å². The van der Waals surface area contributed by atoms with Gasteiger partial charge in [-0.1, -0.05) is 20.8 Å². The van der Waals surface area contributed by atoms with Crippen molar-refractivity contribution >= 4 is 17.3 Å². The summed E-state index contributed by atoms with van der Waals surface area (Å²) < 4.78 is 5.11. The number of nitrogen functional groups attached to an aromatic ring is 2. The van der Waals surface area contributed by atoms with Crippen LogP contribution in [-0.4, -0.2) is 11.1 Å². The Morgan fingerprint density at radius 3 is 1.70 bits per heavy atom. The standard InChI is InChI=1S/C9H12O3.C6H8N2/c1-9(2,3)7-5-4-6(12-7)8(10)11;7-5-1-2-6(8)4-3-5/h4-5H,1-3H3,(H,10,11);1-4H,7-8H2. The van der Waals surface area contributed by atoms with E-state index in [0.717, 1.165) is 11.4 Å². The van der Waals surface area contributed by atoms with Gasteiger partial charge in [0.15, 0.2) is 0 Å². The number of hydrogen-bond acceptors (Lipinski definition) is 4. The molecule has 0 bridgehead atoms. The highest BCUT2D eigenvalue weighted by Gasteiger charge is 2.19. The zero-order valence-electron chi connectivity index (χ0n) is 11.9. The number of anilines is 2. The van der Waals surface area contributed by atoms with Crippen molar-refractivity contribution in [3.05, 3.63) is 47.9 Å². The van der Waals surface area contributed by atoms with Crippen molar-refractivity contribution in [3.63, 3.8) is 0 Å². The number of carbonyl (C=O) groups is 1. The molecule has 0 atom stereocenters. The highest BCUT2D eigenvalue weighted by Crippen LogP contribution is 2.23. The fourth-order valence-corrected chi connectivity index (χ4v) is 1.35. The average molecular weight is 276 g/mol. The first-order chi connectivity index (χ1) is 9.20. The molecule has 20 heavy (non-hydrogen) atoms. The Kier molecular flexibility index (Phi) is 4.80. The molecular weight excluding hydrogens is 256 g/mol. The molecule has 0 amide bonds. The lowest BCUT2D eigenvalue weighted by Crippen LogP contribution is -2.09. The van der Waals surface area contributed by atoms with E-state index in [9.17, 15) is 4.79 Å². The monoisotopic (exact) mass is 276 g/mol. The maximum absolute atomic E-state index is 10.4. The minimum Gasteiger partial charge on any atom is -0.475 e. The van der Waals surface area contributed by atoms with E-state index in [1.54, 1.807) is 30.3 Å². The molecular formula is C15H20N2O3. The van der Waals surface area contributed by atoms with E-state index in [0.29, 0.717) is 5.76 Å². The maximum atomic E-state index is 10.4. The first-order valence-electron chi connectivity index (χ1n) is 6.15. The number of hydrogen-bond donors (Lipinski definition) is 3. The molecule has 5 heteroatoms. The van der Waals surface area contributed by atoms with Gasteiger partial charge in [0.05, 0.1) is 0 Å². The van der Waals surface area contributed by atoms with Crippen molar-refractivity contribution in [2.45, 2.75) is 26.2 Å². The highest BCUT2D eigenvalue weighted by molar-refractivity contribution is 5.84. The second-order valence-corrected chi connectivity index (χ2v) is 5.39. The predicted octanol–water partition coefficient (Wildman–Crippen LogP) is 3.13. The molecule has 5 nitrogen and oxygen atoms in total. The van der Waals surface area contributed by atoms with Crippen LogP contribution in [0, 0.1) is 0 Å². The highest BCUT2D eigenvalue weighted by atomic mass is 16.4. The second-order valence-electron chi connectivity index (χ2n) is 5.39. The third-order valence-electron chi connectivity index (χ3n) is 2.49. The maximum Gasteiger partial charge on any atom is 0.371 e. The summed E-state index contributed by atoms with van der Waals surface area (Å²) in [5, 5.41) is 8.57. The van der Waals surface area contributed by atoms with Crippen molar-refractivity contribution in [2.75, 3.05) is 11.5 Å². The van der Waals surface area contributed by atoms with E-state index in [-0.39, 0.29) is 11.2 Å². The SMILES string of the molecule is CC(C)(C)c1ccc(C(=O)O)o1.Nc1ccc(N)cc1. The summed E-state index contributed by atoms with van der Waals surface area (Å²) in [6.45, 7) is 5.91. The van der Waals surface area contributed by atoms with Crippen LogP contribution >= 0.6 is 0 Å². The fourth-order valence-electron chi connectivity index (χ4n) is 1.35. The molecule has 0 saturated heterocycles. The first kappa shape index (κ1) is 15.6. The van der Waals surface area contributed by atoms with Gasteiger partial charge in [0.25, 0.3) is 0 Å². The Morgan fingerprint density at radius 1 is 1.00 bits per heavy atom. The van der Waals surface area contributed by atoms with Crippen LogP contribution < -0.4 is 11.5 Å². The Morgan fingerprint density at radius 2 is 1.45 bits per heavy atom. The molecule has 0 spiro atoms. The van der Waals surface area contributed by atoms with Crippen molar-refractivity contribution < 1.29 is 14.3 Å². The van der Waals surface area contributed by atoms with Crippen molar-refractivity contribution in [3.8, 4) is 0 Å². The lowest BCUT2D eigenvalue weighted by molar-refractivity contribution is 0.0658. The Hall–Kier alpha value is -2.43. The molecule has 108 valence electrons. The molecule has 2 rings (SSSR count). The topological polar surface area (TPSA) is 102 Å². The van der Waals surface area contributed by atoms with Gasteiger partial charge in [-0.2, -0.15) is 0 Å². The van der Waals surface area contributed by atoms with Crippen molar-refractivity contribution in [1.82, 2.24) is 0 Å². The van der Waals surface area contributed by atoms with Crippen LogP contribution in [0.1, 0.15) is 37.1 Å². The van der Waals surface area contributed by atoms with E-state index in [1.807, 2.05) is 20.8 Å². The van der Waals surface area contributed by atoms with E-state index in [1.165, 1.54) is 6.07 Å². The number of benzene rings is 1. The minimum atomic E-state index is -1.02. The normalized spacial score (nSPS) is 10.6. The Balaban J connectivity index is 0.000000217. The minimum absolute atomic E-state index is 0.0000694. The first-order valence-corrected chi connectivity index (χ1v) is 6.15. The van der Waals surface area contributed by atoms with Gasteiger partial charge in [-0.05, 0) is 36.4 Å². The summed E-state index contributed by atoms with van der Waals surface area (Å²) >= 11 is 0. The van der Waals surface area contributed by atoms with Gasteiger partial charge in [-0.15, -0.1) is 0 Å². The molecule has 1 aromatic heterocycles. The van der Waals surface area contributed by atoms with Gasteiger partial charge in [0, 0.05) is 16.8 Å². The van der Waals surface area contributed by atoms with Crippen LogP contribution in [0.4, 0.5) is 11.4 Å². The third kappa shape index (κ3) is 4.68. The number of nitrogens with two attached hydrogens (primary N) is 2. The van der Waals surface area contributed by atoms with Gasteiger partial charge < -0.3 is 21.0 Å². The largest absolute Gasteiger partial charge is 0.475 e. The second kappa shape index (κ2) is 6.14. The van der Waals surface area contributed by atoms with Crippen LogP contribution in [0.25, 0.3) is 0 Å². The number of furan rings is 1. The van der Waals surface area contributed by atoms with E-state index >= 15 is 0 Å². The van der Waals surface area contributed by atoms with Gasteiger partial charge in [0.2, 0.25) is 5.76 Å². The van der Waals surface area contributed by atoms with Gasteiger partial charge in [-0.25, -0.2) is 4.79 Å². The van der Waals surface area contributed by atoms with E-state index in [2.05, 4.69) is 0 Å².